The van der Waals surface area contributed by atoms with E-state index >= 15 is 0 Å². The molecule has 232 valence electrons. The number of guanidine groups is 1. The number of carbonyl (C=O) groups excluding carboxylic acids is 2. The van der Waals surface area contributed by atoms with Crippen LogP contribution in [0.1, 0.15) is 26.3 Å². The smallest absolute Gasteiger partial charge is 0.395 e. The fourth-order valence-electron chi connectivity index (χ4n) is 4.34. The lowest BCUT2D eigenvalue weighted by molar-refractivity contribution is -0.137. The van der Waals surface area contributed by atoms with Crippen LogP contribution in [0.15, 0.2) is 47.7 Å². The van der Waals surface area contributed by atoms with Crippen molar-refractivity contribution >= 4 is 36.6 Å². The molecule has 15 nitrogen and oxygen atoms in total. The minimum absolute atomic E-state index is 0.115. The number of ether oxygens (including phenoxy) is 1. The number of benzene rings is 1. The number of aliphatic hydroxyl groups excluding tert-OH is 2. The van der Waals surface area contributed by atoms with E-state index in [2.05, 4.69) is 15.4 Å². The van der Waals surface area contributed by atoms with Gasteiger partial charge in [0.1, 0.15) is 17.8 Å². The molecule has 1 saturated heterocycles. The lowest BCUT2D eigenvalue weighted by Crippen LogP contribution is -2.63. The molecule has 0 spiro atoms. The van der Waals surface area contributed by atoms with E-state index in [1.807, 2.05) is 30.3 Å². The quantitative estimate of drug-likeness (QED) is 0.129. The van der Waals surface area contributed by atoms with Crippen molar-refractivity contribution in [2.45, 2.75) is 57.6 Å². The monoisotopic (exact) mass is 628 g/mol. The molecule has 2 amide bonds. The number of hydrogen-bond donors (Lipinski definition) is 6. The van der Waals surface area contributed by atoms with E-state index in [0.717, 1.165) is 17.3 Å². The third-order valence-corrected chi connectivity index (χ3v) is 9.68. The molecule has 42 heavy (non-hydrogen) atoms. The average molecular weight is 629 g/mol. The van der Waals surface area contributed by atoms with Crippen LogP contribution in [0.4, 0.5) is 4.79 Å². The summed E-state index contributed by atoms with van der Waals surface area (Å²) in [6.45, 7) is 3.87. The Hall–Kier alpha value is -2.53. The number of nitrogens with one attached hydrogen (secondary N) is 2. The summed E-state index contributed by atoms with van der Waals surface area (Å²) in [5.74, 6) is 0.0367. The van der Waals surface area contributed by atoms with Gasteiger partial charge in [-0.25, -0.2) is 14.4 Å². The summed E-state index contributed by atoms with van der Waals surface area (Å²) in [6, 6.07) is 8.51. The van der Waals surface area contributed by atoms with Crippen LogP contribution >= 0.6 is 19.5 Å². The van der Waals surface area contributed by atoms with E-state index in [0.29, 0.717) is 0 Å². The SMILES string of the molecule is CC(C)(CO)C(=O)SCCOP(=O)(NCc1ccccc1)OC[C@H]1O[C@@H](N2C=CN3C(=O)N=C(N)NC32)C(C)(O)C1O. The standard InChI is InChI=1S/C25H37N6O9PS/c1-24(2,15-32)20(34)42-12-11-38-41(37,27-13-16-7-5-4-6-8-16)39-14-17-18(33)25(3,36)19(40-17)30-9-10-31-22(30)28-21(26)29-23(31)35/h4-10,17-19,22,32-33,36H,11-15H2,1-3H3,(H,27,37)(H3,26,28,29,35)/t17-,18?,19-,22?,25?,41?/m1/s1. The second-order valence-corrected chi connectivity index (χ2v) is 13.7. The molecule has 0 bridgehead atoms. The predicted octanol–water partition coefficient (Wildman–Crippen LogP) is 0.443. The number of thioether (sulfide) groups is 1. The highest BCUT2D eigenvalue weighted by Gasteiger charge is 2.57. The first-order valence-electron chi connectivity index (χ1n) is 13.2. The highest BCUT2D eigenvalue weighted by molar-refractivity contribution is 8.13. The van der Waals surface area contributed by atoms with Crippen LogP contribution in [0.25, 0.3) is 0 Å². The number of aliphatic imine (C=N–C) groups is 1. The van der Waals surface area contributed by atoms with Crippen LogP contribution in [0, 0.1) is 5.41 Å². The Morgan fingerprint density at radius 1 is 1.31 bits per heavy atom. The molecule has 3 aliphatic heterocycles. The van der Waals surface area contributed by atoms with Crippen molar-refractivity contribution in [3.8, 4) is 0 Å². The normalized spacial score (nSPS) is 28.8. The number of rotatable bonds is 13. The van der Waals surface area contributed by atoms with Crippen molar-refractivity contribution in [1.29, 1.82) is 0 Å². The van der Waals surface area contributed by atoms with Gasteiger partial charge in [-0.05, 0) is 26.3 Å². The van der Waals surface area contributed by atoms with E-state index in [4.69, 9.17) is 19.5 Å². The van der Waals surface area contributed by atoms with Crippen LogP contribution in [0.3, 0.4) is 0 Å². The molecule has 4 rings (SSSR count). The highest BCUT2D eigenvalue weighted by Crippen LogP contribution is 2.46. The number of amides is 2. The Bertz CT molecular complexity index is 1250. The molecular weight excluding hydrogens is 591 g/mol. The summed E-state index contributed by atoms with van der Waals surface area (Å²) in [4.78, 5) is 30.9. The predicted molar refractivity (Wildman–Crippen MR) is 153 cm³/mol. The van der Waals surface area contributed by atoms with Gasteiger partial charge in [-0.2, -0.15) is 4.99 Å². The number of urea groups is 1. The summed E-state index contributed by atoms with van der Waals surface area (Å²) in [5, 5.41) is 36.9. The second-order valence-electron chi connectivity index (χ2n) is 10.8. The van der Waals surface area contributed by atoms with Crippen LogP contribution in [0.2, 0.25) is 0 Å². The second kappa shape index (κ2) is 13.0. The van der Waals surface area contributed by atoms with Crippen molar-refractivity contribution in [3.05, 3.63) is 48.3 Å². The fraction of sp³-hybridized carbons (Fsp3) is 0.560. The largest absolute Gasteiger partial charge is 0.405 e. The first-order chi connectivity index (χ1) is 19.8. The lowest BCUT2D eigenvalue weighted by atomic mass is 9.96. The van der Waals surface area contributed by atoms with Gasteiger partial charge in [-0.3, -0.25) is 18.7 Å². The maximum absolute atomic E-state index is 13.7. The number of aliphatic hydroxyl groups is 3. The van der Waals surface area contributed by atoms with E-state index in [1.165, 1.54) is 29.1 Å². The number of nitrogens with zero attached hydrogens (tertiary/aromatic N) is 3. The molecule has 4 unspecified atom stereocenters. The van der Waals surface area contributed by atoms with Gasteiger partial charge in [0.25, 0.3) is 0 Å². The van der Waals surface area contributed by atoms with Crippen molar-refractivity contribution in [2.75, 3.05) is 25.6 Å². The van der Waals surface area contributed by atoms with Gasteiger partial charge in [0.2, 0.25) is 5.96 Å². The van der Waals surface area contributed by atoms with E-state index < -0.39 is 56.1 Å². The number of hydrogen-bond acceptors (Lipinski definition) is 13. The highest BCUT2D eigenvalue weighted by atomic mass is 32.2. The molecule has 6 atom stereocenters. The van der Waals surface area contributed by atoms with Crippen LogP contribution in [-0.2, 0) is 29.7 Å². The Morgan fingerprint density at radius 2 is 2.02 bits per heavy atom. The van der Waals surface area contributed by atoms with Crippen molar-refractivity contribution in [3.63, 3.8) is 0 Å². The zero-order chi connectivity index (χ0) is 30.7. The van der Waals surface area contributed by atoms with Crippen molar-refractivity contribution < 1.29 is 43.3 Å². The minimum Gasteiger partial charge on any atom is -0.395 e. The van der Waals surface area contributed by atoms with Crippen molar-refractivity contribution in [2.24, 2.45) is 16.1 Å². The first-order valence-corrected chi connectivity index (χ1v) is 15.7. The van der Waals surface area contributed by atoms with Gasteiger partial charge in [0.05, 0.1) is 25.2 Å². The Balaban J connectivity index is 1.41. The summed E-state index contributed by atoms with van der Waals surface area (Å²) in [6.07, 6.45) is -1.71. The topological polar surface area (TPSA) is 209 Å². The zero-order valence-electron chi connectivity index (χ0n) is 23.5. The van der Waals surface area contributed by atoms with Crippen molar-refractivity contribution in [1.82, 2.24) is 20.2 Å². The molecule has 3 heterocycles. The van der Waals surface area contributed by atoms with E-state index in [1.54, 1.807) is 13.8 Å². The Labute approximate surface area is 247 Å². The summed E-state index contributed by atoms with van der Waals surface area (Å²) in [5.41, 5.74) is 3.74. The van der Waals surface area contributed by atoms with Gasteiger partial charge in [-0.1, -0.05) is 42.1 Å². The third kappa shape index (κ3) is 7.15. The van der Waals surface area contributed by atoms with Gasteiger partial charge < -0.3 is 36.0 Å². The molecule has 7 N–H and O–H groups in total. The molecule has 17 heteroatoms. The van der Waals surface area contributed by atoms with E-state index in [9.17, 15) is 29.5 Å². The molecule has 3 aliphatic rings. The molecule has 1 fully saturated rings. The molecule has 0 aromatic heterocycles. The maximum Gasteiger partial charge on any atom is 0.405 e. The summed E-state index contributed by atoms with van der Waals surface area (Å²) in [7, 11) is -4.02. The van der Waals surface area contributed by atoms with Gasteiger partial charge in [0.15, 0.2) is 17.6 Å². The third-order valence-electron chi connectivity index (χ3n) is 6.94. The number of nitrogens with two attached hydrogens (primary N) is 1. The Morgan fingerprint density at radius 3 is 2.71 bits per heavy atom. The van der Waals surface area contributed by atoms with Gasteiger partial charge in [0, 0.05) is 24.7 Å². The molecule has 0 radical (unpaired) electrons. The van der Waals surface area contributed by atoms with E-state index in [-0.39, 0.29) is 36.6 Å². The molecule has 0 saturated carbocycles. The van der Waals surface area contributed by atoms with Gasteiger partial charge >= 0.3 is 13.8 Å². The Kier molecular flexibility index (Phi) is 10.0. The fourth-order valence-corrected chi connectivity index (χ4v) is 6.58. The minimum atomic E-state index is -4.02. The lowest BCUT2D eigenvalue weighted by Gasteiger charge is -2.40. The molecule has 1 aromatic carbocycles. The average Bonchev–Trinajstić information content (AvgIpc) is 3.47. The summed E-state index contributed by atoms with van der Waals surface area (Å²) >= 11 is 0.941. The maximum atomic E-state index is 13.7. The first kappa shape index (κ1) is 32.4. The van der Waals surface area contributed by atoms with Crippen LogP contribution < -0.4 is 16.1 Å². The van der Waals surface area contributed by atoms with Crippen LogP contribution in [0.5, 0.6) is 0 Å². The zero-order valence-corrected chi connectivity index (χ0v) is 25.2. The molecule has 0 aliphatic carbocycles. The number of fused-ring (bicyclic) bond motifs is 1. The molecular formula is C25H37N6O9PS. The molecule has 1 aromatic rings. The van der Waals surface area contributed by atoms with Gasteiger partial charge in [-0.15, -0.1) is 0 Å². The summed E-state index contributed by atoms with van der Waals surface area (Å²) < 4.78 is 31.0. The van der Waals surface area contributed by atoms with Crippen LogP contribution in [-0.4, -0.2) is 98.1 Å². The number of carbonyl (C=O) groups is 2.